The highest BCUT2D eigenvalue weighted by molar-refractivity contribution is 7.22. The topological polar surface area (TPSA) is 68.0 Å². The van der Waals surface area contributed by atoms with Crippen molar-refractivity contribution < 1.29 is 4.79 Å². The van der Waals surface area contributed by atoms with E-state index in [1.807, 2.05) is 19.1 Å². The SMILES string of the molecule is Cc1ccc2nc(NC(=O)CC(N)CC(C)(C)C)sc2c1. The molecule has 0 aliphatic carbocycles. The van der Waals surface area contributed by atoms with Crippen molar-refractivity contribution in [3.05, 3.63) is 23.8 Å². The zero-order chi connectivity index (χ0) is 15.6. The molecule has 0 fully saturated rings. The Kier molecular flexibility index (Phi) is 4.64. The Morgan fingerprint density at radius 1 is 1.43 bits per heavy atom. The molecule has 4 nitrogen and oxygen atoms in total. The van der Waals surface area contributed by atoms with Gasteiger partial charge in [-0.1, -0.05) is 38.2 Å². The number of hydrogen-bond acceptors (Lipinski definition) is 4. The van der Waals surface area contributed by atoms with Crippen molar-refractivity contribution >= 4 is 32.6 Å². The van der Waals surface area contributed by atoms with Gasteiger partial charge < -0.3 is 11.1 Å². The van der Waals surface area contributed by atoms with E-state index in [1.54, 1.807) is 0 Å². The molecule has 2 aromatic rings. The molecule has 0 aliphatic heterocycles. The minimum atomic E-state index is -0.123. The standard InChI is InChI=1S/C16H23N3OS/c1-10-5-6-12-13(7-10)21-15(18-12)19-14(20)8-11(17)9-16(2,3)4/h5-7,11H,8-9,17H2,1-4H3,(H,18,19,20). The summed E-state index contributed by atoms with van der Waals surface area (Å²) in [5.74, 6) is -0.0671. The molecule has 1 atom stereocenters. The quantitative estimate of drug-likeness (QED) is 0.905. The van der Waals surface area contributed by atoms with E-state index >= 15 is 0 Å². The molecule has 0 saturated carbocycles. The third-order valence-corrected chi connectivity index (χ3v) is 4.05. The van der Waals surface area contributed by atoms with Crippen LogP contribution in [0.4, 0.5) is 5.13 Å². The number of fused-ring (bicyclic) bond motifs is 1. The van der Waals surface area contributed by atoms with Crippen LogP contribution >= 0.6 is 11.3 Å². The Bertz CT molecular complexity index is 642. The van der Waals surface area contributed by atoms with Crippen LogP contribution in [0.1, 0.15) is 39.2 Å². The van der Waals surface area contributed by atoms with Gasteiger partial charge in [-0.15, -0.1) is 0 Å². The lowest BCUT2D eigenvalue weighted by Crippen LogP contribution is -2.31. The first-order valence-electron chi connectivity index (χ1n) is 7.15. The molecule has 0 bridgehead atoms. The highest BCUT2D eigenvalue weighted by Gasteiger charge is 2.18. The number of nitrogens with zero attached hydrogens (tertiary/aromatic N) is 1. The van der Waals surface area contributed by atoms with Crippen LogP contribution in [0.15, 0.2) is 18.2 Å². The zero-order valence-electron chi connectivity index (χ0n) is 13.1. The zero-order valence-corrected chi connectivity index (χ0v) is 13.9. The van der Waals surface area contributed by atoms with Crippen molar-refractivity contribution in [2.75, 3.05) is 5.32 Å². The second-order valence-corrected chi connectivity index (χ2v) is 7.80. The third kappa shape index (κ3) is 4.79. The average molecular weight is 305 g/mol. The lowest BCUT2D eigenvalue weighted by molar-refractivity contribution is -0.116. The molecule has 2 rings (SSSR count). The lowest BCUT2D eigenvalue weighted by Gasteiger charge is -2.22. The molecule has 0 saturated heterocycles. The van der Waals surface area contributed by atoms with E-state index in [9.17, 15) is 4.79 Å². The van der Waals surface area contributed by atoms with E-state index in [1.165, 1.54) is 16.9 Å². The predicted molar refractivity (Wildman–Crippen MR) is 89.7 cm³/mol. The Balaban J connectivity index is 1.98. The summed E-state index contributed by atoms with van der Waals surface area (Å²) in [5, 5.41) is 3.50. The van der Waals surface area contributed by atoms with Crippen LogP contribution in [0.2, 0.25) is 0 Å². The van der Waals surface area contributed by atoms with Gasteiger partial charge in [0.1, 0.15) is 0 Å². The number of nitrogens with two attached hydrogens (primary N) is 1. The minimum Gasteiger partial charge on any atom is -0.327 e. The highest BCUT2D eigenvalue weighted by atomic mass is 32.1. The number of aromatic nitrogens is 1. The molecule has 114 valence electrons. The number of aryl methyl sites for hydroxylation is 1. The average Bonchev–Trinajstić information content (AvgIpc) is 2.66. The van der Waals surface area contributed by atoms with Gasteiger partial charge in [-0.3, -0.25) is 4.79 Å². The Hall–Kier alpha value is -1.46. The molecule has 5 heteroatoms. The molecule has 1 heterocycles. The van der Waals surface area contributed by atoms with Gasteiger partial charge in [0.15, 0.2) is 5.13 Å². The summed E-state index contributed by atoms with van der Waals surface area (Å²) in [6, 6.07) is 5.95. The van der Waals surface area contributed by atoms with E-state index in [0.717, 1.165) is 16.6 Å². The number of hydrogen-bond donors (Lipinski definition) is 2. The minimum absolute atomic E-state index is 0.0671. The maximum atomic E-state index is 12.0. The Morgan fingerprint density at radius 3 is 2.81 bits per heavy atom. The first-order chi connectivity index (χ1) is 9.73. The van der Waals surface area contributed by atoms with Gasteiger partial charge >= 0.3 is 0 Å². The van der Waals surface area contributed by atoms with Crippen molar-refractivity contribution in [2.24, 2.45) is 11.1 Å². The number of amides is 1. The highest BCUT2D eigenvalue weighted by Crippen LogP contribution is 2.27. The number of nitrogens with one attached hydrogen (secondary N) is 1. The molecule has 1 aromatic heterocycles. The number of thiazole rings is 1. The van der Waals surface area contributed by atoms with E-state index in [4.69, 9.17) is 5.73 Å². The second kappa shape index (κ2) is 6.12. The summed E-state index contributed by atoms with van der Waals surface area (Å²) in [4.78, 5) is 16.4. The number of anilines is 1. The Morgan fingerprint density at radius 2 is 2.14 bits per heavy atom. The molecule has 1 aromatic carbocycles. The summed E-state index contributed by atoms with van der Waals surface area (Å²) in [6.07, 6.45) is 1.14. The van der Waals surface area contributed by atoms with Gasteiger partial charge in [0.05, 0.1) is 10.2 Å². The van der Waals surface area contributed by atoms with Gasteiger partial charge in [-0.2, -0.15) is 0 Å². The van der Waals surface area contributed by atoms with E-state index in [-0.39, 0.29) is 17.4 Å². The molecule has 0 radical (unpaired) electrons. The summed E-state index contributed by atoms with van der Waals surface area (Å²) < 4.78 is 1.09. The van der Waals surface area contributed by atoms with Crippen molar-refractivity contribution in [3.63, 3.8) is 0 Å². The summed E-state index contributed by atoms with van der Waals surface area (Å²) in [5.41, 5.74) is 8.27. The first kappa shape index (κ1) is 15.9. The predicted octanol–water partition coefficient (Wildman–Crippen LogP) is 3.70. The molecule has 21 heavy (non-hydrogen) atoms. The van der Waals surface area contributed by atoms with Gasteiger partial charge in [0.25, 0.3) is 0 Å². The smallest absolute Gasteiger partial charge is 0.227 e. The fourth-order valence-electron chi connectivity index (χ4n) is 2.35. The van der Waals surface area contributed by atoms with Crippen molar-refractivity contribution in [3.8, 4) is 0 Å². The fraction of sp³-hybridized carbons (Fsp3) is 0.500. The number of benzene rings is 1. The van der Waals surface area contributed by atoms with Crippen molar-refractivity contribution in [1.82, 2.24) is 4.98 Å². The molecule has 1 amide bonds. The van der Waals surface area contributed by atoms with E-state index < -0.39 is 0 Å². The fourth-order valence-corrected chi connectivity index (χ4v) is 3.33. The molecular formula is C16H23N3OS. The largest absolute Gasteiger partial charge is 0.327 e. The lowest BCUT2D eigenvalue weighted by atomic mass is 9.87. The van der Waals surface area contributed by atoms with Crippen LogP contribution in [0, 0.1) is 12.3 Å². The van der Waals surface area contributed by atoms with Crippen LogP contribution < -0.4 is 11.1 Å². The maximum absolute atomic E-state index is 12.0. The first-order valence-corrected chi connectivity index (χ1v) is 7.97. The van der Waals surface area contributed by atoms with Crippen molar-refractivity contribution in [2.45, 2.75) is 46.6 Å². The second-order valence-electron chi connectivity index (χ2n) is 6.77. The molecule has 1 unspecified atom stereocenters. The van der Waals surface area contributed by atoms with Crippen LogP contribution in [-0.2, 0) is 4.79 Å². The molecule has 3 N–H and O–H groups in total. The van der Waals surface area contributed by atoms with Gasteiger partial charge in [-0.05, 0) is 36.5 Å². The summed E-state index contributed by atoms with van der Waals surface area (Å²) >= 11 is 1.50. The Labute approximate surface area is 129 Å². The molecule has 0 spiro atoms. The van der Waals surface area contributed by atoms with Gasteiger partial charge in [-0.25, -0.2) is 4.98 Å². The number of rotatable bonds is 4. The monoisotopic (exact) mass is 305 g/mol. The number of carbonyl (C=O) groups is 1. The third-order valence-electron chi connectivity index (χ3n) is 3.11. The van der Waals surface area contributed by atoms with E-state index in [2.05, 4.69) is 37.1 Å². The summed E-state index contributed by atoms with van der Waals surface area (Å²) in [6.45, 7) is 8.42. The van der Waals surface area contributed by atoms with Gasteiger partial charge in [0.2, 0.25) is 5.91 Å². The number of carbonyl (C=O) groups excluding carboxylic acids is 1. The maximum Gasteiger partial charge on any atom is 0.227 e. The summed E-state index contributed by atoms with van der Waals surface area (Å²) in [7, 11) is 0. The normalized spacial score (nSPS) is 13.4. The molecular weight excluding hydrogens is 282 g/mol. The van der Waals surface area contributed by atoms with Gasteiger partial charge in [0, 0.05) is 12.5 Å². The molecule has 0 aliphatic rings. The van der Waals surface area contributed by atoms with Crippen LogP contribution in [0.3, 0.4) is 0 Å². The van der Waals surface area contributed by atoms with Crippen LogP contribution in [0.25, 0.3) is 10.2 Å². The van der Waals surface area contributed by atoms with Crippen molar-refractivity contribution in [1.29, 1.82) is 0 Å². The van der Waals surface area contributed by atoms with E-state index in [0.29, 0.717) is 11.6 Å². The van der Waals surface area contributed by atoms with Crippen LogP contribution in [0.5, 0.6) is 0 Å². The van der Waals surface area contributed by atoms with Crippen LogP contribution in [-0.4, -0.2) is 16.9 Å².